The third-order valence-corrected chi connectivity index (χ3v) is 6.81. The highest BCUT2D eigenvalue weighted by Gasteiger charge is 2.18. The second-order valence-electron chi connectivity index (χ2n) is 8.11. The maximum Gasteiger partial charge on any atom is 0.251 e. The van der Waals surface area contributed by atoms with Gasteiger partial charge in [0.25, 0.3) is 5.91 Å². The Morgan fingerprint density at radius 2 is 1.58 bits per heavy atom. The summed E-state index contributed by atoms with van der Waals surface area (Å²) in [4.78, 5) is 12.5. The normalized spacial score (nSPS) is 12.4. The fourth-order valence-corrected chi connectivity index (χ4v) is 4.40. The van der Waals surface area contributed by atoms with Gasteiger partial charge >= 0.3 is 0 Å². The Morgan fingerprint density at radius 1 is 0.968 bits per heavy atom. The molecule has 6 heteroatoms. The first kappa shape index (κ1) is 24.9. The molecule has 1 atom stereocenters. The van der Waals surface area contributed by atoms with Gasteiger partial charge in [-0.2, -0.15) is 0 Å². The largest absolute Gasteiger partial charge is 0.352 e. The number of hydrogen-bond acceptors (Lipinski definition) is 3. The Bertz CT molecular complexity index is 922. The van der Waals surface area contributed by atoms with Crippen LogP contribution in [0.25, 0.3) is 0 Å². The monoisotopic (exact) mass is 444 g/mol. The Hall–Kier alpha value is -2.34. The molecule has 2 aromatic rings. The molecule has 1 N–H and O–H groups in total. The van der Waals surface area contributed by atoms with Crippen LogP contribution in [-0.4, -0.2) is 27.1 Å². The molecule has 0 radical (unpaired) electrons. The van der Waals surface area contributed by atoms with Gasteiger partial charge in [0.05, 0.1) is 18.5 Å². The minimum absolute atomic E-state index is 0.0865. The van der Waals surface area contributed by atoms with Crippen LogP contribution in [-0.2, 0) is 23.0 Å². The van der Waals surface area contributed by atoms with Crippen molar-refractivity contribution in [1.82, 2.24) is 5.32 Å². The van der Waals surface area contributed by atoms with E-state index in [1.807, 2.05) is 36.4 Å². The van der Waals surface area contributed by atoms with E-state index >= 15 is 0 Å². The maximum atomic E-state index is 12.5. The molecule has 0 aliphatic heterocycles. The van der Waals surface area contributed by atoms with Crippen LogP contribution in [0.3, 0.4) is 0 Å². The summed E-state index contributed by atoms with van der Waals surface area (Å²) >= 11 is 0. The summed E-state index contributed by atoms with van der Waals surface area (Å²) in [6.45, 7) is 7.31. The van der Waals surface area contributed by atoms with Crippen molar-refractivity contribution in [2.75, 3.05) is 17.1 Å². The van der Waals surface area contributed by atoms with Gasteiger partial charge < -0.3 is 5.32 Å². The molecule has 0 saturated heterocycles. The number of amides is 1. The lowest BCUT2D eigenvalue weighted by Crippen LogP contribution is -2.30. The summed E-state index contributed by atoms with van der Waals surface area (Å²) in [5.41, 5.74) is 3.22. The lowest BCUT2D eigenvalue weighted by molar-refractivity contribution is 0.0946. The van der Waals surface area contributed by atoms with Crippen LogP contribution in [0, 0.1) is 5.92 Å². The van der Waals surface area contributed by atoms with Crippen LogP contribution in [0.1, 0.15) is 67.9 Å². The molecule has 1 unspecified atom stereocenters. The molecule has 0 spiro atoms. The third kappa shape index (κ3) is 7.69. The van der Waals surface area contributed by atoms with Crippen LogP contribution >= 0.6 is 0 Å². The number of hydrogen-bond donors (Lipinski definition) is 1. The minimum atomic E-state index is -3.44. The molecule has 31 heavy (non-hydrogen) atoms. The van der Waals surface area contributed by atoms with Gasteiger partial charge in [0.2, 0.25) is 10.0 Å². The summed E-state index contributed by atoms with van der Waals surface area (Å²) in [6.07, 6.45) is 6.65. The predicted molar refractivity (Wildman–Crippen MR) is 129 cm³/mol. The first-order valence-corrected chi connectivity index (χ1v) is 13.1. The average molecular weight is 445 g/mol. The van der Waals surface area contributed by atoms with Gasteiger partial charge in [-0.15, -0.1) is 0 Å². The molecular formula is C25H36N2O3S. The van der Waals surface area contributed by atoms with Crippen LogP contribution in [0.5, 0.6) is 0 Å². The van der Waals surface area contributed by atoms with Gasteiger partial charge in [-0.3, -0.25) is 9.10 Å². The molecule has 0 aliphatic carbocycles. The van der Waals surface area contributed by atoms with E-state index in [0.29, 0.717) is 23.7 Å². The molecule has 0 bridgehead atoms. The van der Waals surface area contributed by atoms with Crippen molar-refractivity contribution in [3.63, 3.8) is 0 Å². The van der Waals surface area contributed by atoms with Crippen molar-refractivity contribution in [2.45, 2.75) is 59.4 Å². The van der Waals surface area contributed by atoms with Crippen LogP contribution in [0.4, 0.5) is 5.69 Å². The first-order valence-electron chi connectivity index (χ1n) is 11.2. The smallest absolute Gasteiger partial charge is 0.251 e. The second-order valence-corrected chi connectivity index (χ2v) is 10.0. The number of anilines is 1. The van der Waals surface area contributed by atoms with Crippen molar-refractivity contribution >= 4 is 21.6 Å². The highest BCUT2D eigenvalue weighted by atomic mass is 32.2. The van der Waals surface area contributed by atoms with E-state index < -0.39 is 10.0 Å². The number of benzene rings is 2. The molecule has 5 nitrogen and oxygen atoms in total. The summed E-state index contributed by atoms with van der Waals surface area (Å²) in [5, 5.41) is 3.03. The number of sulfonamides is 1. The van der Waals surface area contributed by atoms with Gasteiger partial charge in [0, 0.05) is 12.1 Å². The summed E-state index contributed by atoms with van der Waals surface area (Å²) in [5.74, 6) is 0.419. The zero-order chi connectivity index (χ0) is 22.9. The maximum absolute atomic E-state index is 12.5. The van der Waals surface area contributed by atoms with E-state index in [2.05, 4.69) is 26.1 Å². The number of carbonyl (C=O) groups is 1. The summed E-state index contributed by atoms with van der Waals surface area (Å²) in [7, 11) is -3.44. The minimum Gasteiger partial charge on any atom is -0.352 e. The highest BCUT2D eigenvalue weighted by Crippen LogP contribution is 2.22. The van der Waals surface area contributed by atoms with E-state index in [1.54, 1.807) is 12.1 Å². The van der Waals surface area contributed by atoms with Gasteiger partial charge in [-0.1, -0.05) is 64.3 Å². The SMILES string of the molecule is CCCCC(CC)CNC(=O)c1ccc(CN(c2ccc(CC)cc2)S(C)(=O)=O)cc1. The molecule has 0 aliphatic rings. The van der Waals surface area contributed by atoms with E-state index in [9.17, 15) is 13.2 Å². The number of nitrogens with zero attached hydrogens (tertiary/aromatic N) is 1. The summed E-state index contributed by atoms with van der Waals surface area (Å²) in [6, 6.07) is 14.7. The molecule has 0 aromatic heterocycles. The van der Waals surface area contributed by atoms with E-state index in [1.165, 1.54) is 23.4 Å². The fraction of sp³-hybridized carbons (Fsp3) is 0.480. The van der Waals surface area contributed by atoms with Gasteiger partial charge in [-0.25, -0.2) is 8.42 Å². The predicted octanol–water partition coefficient (Wildman–Crippen LogP) is 5.16. The number of rotatable bonds is 12. The van der Waals surface area contributed by atoms with Crippen LogP contribution in [0.15, 0.2) is 48.5 Å². The molecule has 0 fully saturated rings. The van der Waals surface area contributed by atoms with Crippen molar-refractivity contribution in [3.05, 3.63) is 65.2 Å². The lowest BCUT2D eigenvalue weighted by Gasteiger charge is -2.23. The summed E-state index contributed by atoms with van der Waals surface area (Å²) < 4.78 is 26.2. The number of unbranched alkanes of at least 4 members (excludes halogenated alkanes) is 1. The fourth-order valence-electron chi connectivity index (χ4n) is 3.51. The standard InChI is InChI=1S/C25H36N2O3S/c1-5-8-9-21(7-3)18-26-25(28)23-14-10-22(11-15-23)19-27(31(4,29)30)24-16-12-20(6-2)13-17-24/h10-17,21H,5-9,18-19H2,1-4H3,(H,26,28). The number of aryl methyl sites for hydroxylation is 1. The molecule has 2 rings (SSSR count). The number of nitrogens with one attached hydrogen (secondary N) is 1. The van der Waals surface area contributed by atoms with Crippen molar-refractivity contribution in [1.29, 1.82) is 0 Å². The zero-order valence-corrected chi connectivity index (χ0v) is 20.0. The Labute approximate surface area is 187 Å². The molecule has 1 amide bonds. The molecule has 0 saturated carbocycles. The van der Waals surface area contributed by atoms with Crippen molar-refractivity contribution in [2.24, 2.45) is 5.92 Å². The average Bonchev–Trinajstić information content (AvgIpc) is 2.77. The second kappa shape index (κ2) is 11.9. The zero-order valence-electron chi connectivity index (χ0n) is 19.2. The topological polar surface area (TPSA) is 66.5 Å². The quantitative estimate of drug-likeness (QED) is 0.492. The van der Waals surface area contributed by atoms with Gasteiger partial charge in [0.1, 0.15) is 0 Å². The van der Waals surface area contributed by atoms with Crippen LogP contribution < -0.4 is 9.62 Å². The van der Waals surface area contributed by atoms with E-state index in [4.69, 9.17) is 0 Å². The third-order valence-electron chi connectivity index (χ3n) is 5.67. The molecule has 2 aromatic carbocycles. The van der Waals surface area contributed by atoms with Gasteiger partial charge in [0.15, 0.2) is 0 Å². The highest BCUT2D eigenvalue weighted by molar-refractivity contribution is 7.92. The number of carbonyl (C=O) groups excluding carboxylic acids is 1. The first-order chi connectivity index (χ1) is 14.8. The van der Waals surface area contributed by atoms with Crippen molar-refractivity contribution < 1.29 is 13.2 Å². The van der Waals surface area contributed by atoms with E-state index in [-0.39, 0.29) is 12.5 Å². The Balaban J connectivity index is 2.05. The van der Waals surface area contributed by atoms with E-state index in [0.717, 1.165) is 30.4 Å². The molecule has 170 valence electrons. The molecular weight excluding hydrogens is 408 g/mol. The lowest BCUT2D eigenvalue weighted by atomic mass is 9.99. The van der Waals surface area contributed by atoms with Gasteiger partial charge in [-0.05, 0) is 54.2 Å². The Morgan fingerprint density at radius 3 is 2.10 bits per heavy atom. The van der Waals surface area contributed by atoms with Crippen molar-refractivity contribution in [3.8, 4) is 0 Å². The van der Waals surface area contributed by atoms with Crippen LogP contribution in [0.2, 0.25) is 0 Å². The molecule has 0 heterocycles. The Kier molecular flexibility index (Phi) is 9.56.